The molecule has 0 spiro atoms. The Labute approximate surface area is 123 Å². The van der Waals surface area contributed by atoms with Gasteiger partial charge in [0.2, 0.25) is 5.69 Å². The smallest absolute Gasteiger partial charge is 0.272 e. The summed E-state index contributed by atoms with van der Waals surface area (Å²) in [7, 11) is 0. The number of carbonyl (C=O) groups excluding carboxylic acids is 1. The minimum Gasteiger partial charge on any atom is -0.618 e. The van der Waals surface area contributed by atoms with Crippen molar-refractivity contribution in [2.75, 3.05) is 0 Å². The van der Waals surface area contributed by atoms with E-state index in [1.807, 2.05) is 6.07 Å². The first-order valence-electron chi connectivity index (χ1n) is 5.81. The lowest BCUT2D eigenvalue weighted by molar-refractivity contribution is -0.355. The predicted molar refractivity (Wildman–Crippen MR) is 77.0 cm³/mol. The van der Waals surface area contributed by atoms with Gasteiger partial charge in [-0.2, -0.15) is 10.0 Å². The molecule has 4 nitrogen and oxygen atoms in total. The summed E-state index contributed by atoms with van der Waals surface area (Å²) in [6.45, 7) is 0. The minimum atomic E-state index is -0.352. The zero-order valence-corrected chi connectivity index (χ0v) is 11.7. The van der Waals surface area contributed by atoms with Crippen molar-refractivity contribution < 1.29 is 9.53 Å². The molecule has 0 saturated carbocycles. The molecule has 1 aliphatic heterocycles. The van der Waals surface area contributed by atoms with Gasteiger partial charge in [-0.1, -0.05) is 15.9 Å². The van der Waals surface area contributed by atoms with Gasteiger partial charge in [0.25, 0.3) is 11.5 Å². The third kappa shape index (κ3) is 1.82. The summed E-state index contributed by atoms with van der Waals surface area (Å²) in [5, 5.41) is 21.1. The van der Waals surface area contributed by atoms with Crippen molar-refractivity contribution in [1.82, 2.24) is 0 Å². The average Bonchev–Trinajstić information content (AvgIpc) is 2.72. The van der Waals surface area contributed by atoms with E-state index in [0.717, 1.165) is 4.47 Å². The van der Waals surface area contributed by atoms with Crippen LogP contribution in [0.1, 0.15) is 21.5 Å². The first kappa shape index (κ1) is 12.6. The van der Waals surface area contributed by atoms with Crippen LogP contribution in [0, 0.1) is 16.5 Å². The number of Topliss-reactive ketones (excluding diaryl/α,β-unsaturated/α-hetero) is 1. The molecule has 1 heterocycles. The van der Waals surface area contributed by atoms with E-state index in [1.54, 1.807) is 24.3 Å². The Kier molecular flexibility index (Phi) is 2.88. The highest BCUT2D eigenvalue weighted by molar-refractivity contribution is 9.10. The quantitative estimate of drug-likeness (QED) is 0.597. The number of nitrogens with zero attached hydrogens (tertiary/aromatic N) is 2. The van der Waals surface area contributed by atoms with Gasteiger partial charge in [0, 0.05) is 10.5 Å². The largest absolute Gasteiger partial charge is 0.618 e. The molecule has 0 saturated heterocycles. The van der Waals surface area contributed by atoms with E-state index in [9.17, 15) is 10.0 Å². The molecule has 3 rings (SSSR count). The summed E-state index contributed by atoms with van der Waals surface area (Å²) in [6, 6.07) is 13.4. The van der Waals surface area contributed by atoms with Crippen LogP contribution in [0.15, 0.2) is 46.9 Å². The third-order valence-corrected chi connectivity index (χ3v) is 3.65. The van der Waals surface area contributed by atoms with E-state index in [2.05, 4.69) is 15.9 Å². The summed E-state index contributed by atoms with van der Waals surface area (Å²) in [6.07, 6.45) is 0. The highest BCUT2D eigenvalue weighted by atomic mass is 79.9. The van der Waals surface area contributed by atoms with Gasteiger partial charge in [0.05, 0.1) is 17.2 Å². The molecule has 0 atom stereocenters. The minimum absolute atomic E-state index is 0.0857. The van der Waals surface area contributed by atoms with Crippen LogP contribution in [0.2, 0.25) is 0 Å². The van der Waals surface area contributed by atoms with Gasteiger partial charge >= 0.3 is 0 Å². The highest BCUT2D eigenvalue weighted by Crippen LogP contribution is 2.29. The molecule has 2 aromatic carbocycles. The van der Waals surface area contributed by atoms with Crippen molar-refractivity contribution in [3.05, 3.63) is 68.8 Å². The molecule has 5 heteroatoms. The molecule has 0 aromatic heterocycles. The molecule has 96 valence electrons. The number of rotatable bonds is 1. The predicted octanol–water partition coefficient (Wildman–Crippen LogP) is 3.15. The number of benzene rings is 2. The zero-order chi connectivity index (χ0) is 14.3. The first-order valence-corrected chi connectivity index (χ1v) is 6.60. The number of carbonyl (C=O) groups is 1. The molecule has 0 unspecified atom stereocenters. The van der Waals surface area contributed by atoms with Gasteiger partial charge in [0.1, 0.15) is 5.56 Å². The van der Waals surface area contributed by atoms with E-state index in [-0.39, 0.29) is 22.7 Å². The van der Waals surface area contributed by atoms with E-state index in [4.69, 9.17) is 5.26 Å². The average molecular weight is 327 g/mol. The van der Waals surface area contributed by atoms with Crippen molar-refractivity contribution in [1.29, 1.82) is 5.26 Å². The third-order valence-electron chi connectivity index (χ3n) is 3.12. The van der Waals surface area contributed by atoms with E-state index >= 15 is 0 Å². The van der Waals surface area contributed by atoms with Crippen molar-refractivity contribution in [3.63, 3.8) is 0 Å². The van der Waals surface area contributed by atoms with Crippen molar-refractivity contribution >= 4 is 33.1 Å². The molecule has 0 aliphatic carbocycles. The van der Waals surface area contributed by atoms with Crippen LogP contribution in [0.4, 0.5) is 5.69 Å². The molecule has 0 amide bonds. The molecule has 1 aliphatic rings. The fraction of sp³-hybridized carbons (Fsp3) is 0. The van der Waals surface area contributed by atoms with Crippen molar-refractivity contribution in [3.8, 4) is 6.07 Å². The van der Waals surface area contributed by atoms with Crippen LogP contribution in [-0.2, 0) is 0 Å². The van der Waals surface area contributed by atoms with Crippen LogP contribution >= 0.6 is 15.9 Å². The Balaban J connectivity index is 2.16. The Hall–Kier alpha value is -2.45. The second kappa shape index (κ2) is 4.58. The molecule has 0 fully saturated rings. The molecule has 0 bridgehead atoms. The fourth-order valence-corrected chi connectivity index (χ4v) is 2.43. The summed E-state index contributed by atoms with van der Waals surface area (Å²) < 4.78 is 1.50. The number of hydrogen-bond donors (Lipinski definition) is 0. The van der Waals surface area contributed by atoms with Gasteiger partial charge in [-0.3, -0.25) is 4.79 Å². The number of halogens is 1. The lowest BCUT2D eigenvalue weighted by atomic mass is 10.0. The Morgan fingerprint density at radius 1 is 1.15 bits per heavy atom. The summed E-state index contributed by atoms with van der Waals surface area (Å²) in [4.78, 5) is 12.4. The van der Waals surface area contributed by atoms with Crippen LogP contribution < -0.4 is 0 Å². The Morgan fingerprint density at radius 2 is 1.85 bits per heavy atom. The van der Waals surface area contributed by atoms with Crippen LogP contribution in [0.3, 0.4) is 0 Å². The summed E-state index contributed by atoms with van der Waals surface area (Å²) in [5.41, 5.74) is 1.57. The Bertz CT molecular complexity index is 802. The van der Waals surface area contributed by atoms with Crippen molar-refractivity contribution in [2.45, 2.75) is 0 Å². The fourth-order valence-electron chi connectivity index (χ4n) is 2.16. The number of nitriles is 1. The lowest BCUT2D eigenvalue weighted by Crippen LogP contribution is -2.16. The highest BCUT2D eigenvalue weighted by Gasteiger charge is 2.36. The van der Waals surface area contributed by atoms with Gasteiger partial charge in [-0.15, -0.1) is 0 Å². The zero-order valence-electron chi connectivity index (χ0n) is 10.1. The molecule has 0 radical (unpaired) electrons. The maximum absolute atomic E-state index is 12.4. The van der Waals surface area contributed by atoms with Crippen LogP contribution in [0.25, 0.3) is 0 Å². The van der Waals surface area contributed by atoms with E-state index in [0.29, 0.717) is 15.9 Å². The number of ketones is 1. The van der Waals surface area contributed by atoms with Crippen LogP contribution in [0.5, 0.6) is 0 Å². The lowest BCUT2D eigenvalue weighted by Gasteiger charge is -2.01. The molecule has 2 aromatic rings. The molecular weight excluding hydrogens is 320 g/mol. The van der Waals surface area contributed by atoms with Gasteiger partial charge in [0.15, 0.2) is 0 Å². The normalized spacial score (nSPS) is 13.3. The summed E-state index contributed by atoms with van der Waals surface area (Å²) >= 11 is 3.31. The maximum atomic E-state index is 12.4. The van der Waals surface area contributed by atoms with E-state index in [1.165, 1.54) is 18.2 Å². The second-order valence-electron chi connectivity index (χ2n) is 4.32. The number of hydrogen-bond acceptors (Lipinski definition) is 3. The van der Waals surface area contributed by atoms with E-state index < -0.39 is 0 Å². The number of fused-ring (bicyclic) bond motifs is 1. The SMILES string of the molecule is N#Cc1ccc2c(c1)C(=O)C(c1ccc(Br)cc1)=[N+]2[O-]. The summed E-state index contributed by atoms with van der Waals surface area (Å²) in [5.74, 6) is -0.352. The maximum Gasteiger partial charge on any atom is 0.272 e. The van der Waals surface area contributed by atoms with Gasteiger partial charge in [-0.05, 0) is 36.4 Å². The Morgan fingerprint density at radius 3 is 2.50 bits per heavy atom. The van der Waals surface area contributed by atoms with Crippen molar-refractivity contribution in [2.24, 2.45) is 0 Å². The van der Waals surface area contributed by atoms with Gasteiger partial charge in [-0.25, -0.2) is 0 Å². The second-order valence-corrected chi connectivity index (χ2v) is 5.24. The molecular formula is C15H7BrN2O2. The monoisotopic (exact) mass is 326 g/mol. The standard InChI is InChI=1S/C15H7BrN2O2/c16-11-4-2-10(3-5-11)14-15(19)12-7-9(8-17)1-6-13(12)18(14)20/h1-7H. The van der Waals surface area contributed by atoms with Crippen LogP contribution in [-0.4, -0.2) is 16.2 Å². The first-order chi connectivity index (χ1) is 9.61. The molecule has 0 N–H and O–H groups in total. The molecule has 20 heavy (non-hydrogen) atoms. The van der Waals surface area contributed by atoms with Gasteiger partial charge < -0.3 is 5.21 Å². The topological polar surface area (TPSA) is 66.9 Å².